The lowest BCUT2D eigenvalue weighted by molar-refractivity contribution is 1.20. The van der Waals surface area contributed by atoms with Crippen LogP contribution in [0.2, 0.25) is 0 Å². The summed E-state index contributed by atoms with van der Waals surface area (Å²) in [5.74, 6) is 0. The third-order valence-corrected chi connectivity index (χ3v) is 1.48. The predicted octanol–water partition coefficient (Wildman–Crippen LogP) is 2.88. The highest BCUT2D eigenvalue weighted by molar-refractivity contribution is 7.80. The minimum absolute atomic E-state index is 0.643. The van der Waals surface area contributed by atoms with Gasteiger partial charge in [-0.25, -0.2) is 0 Å². The molecule has 12 heavy (non-hydrogen) atoms. The Labute approximate surface area is 81.2 Å². The van der Waals surface area contributed by atoms with Crippen LogP contribution in [0.25, 0.3) is 0 Å². The first-order valence-corrected chi connectivity index (χ1v) is 4.56. The van der Waals surface area contributed by atoms with Crippen LogP contribution in [-0.4, -0.2) is 4.99 Å². The van der Waals surface area contributed by atoms with Gasteiger partial charge in [-0.2, -0.15) is 0 Å². The van der Waals surface area contributed by atoms with E-state index in [1.807, 2.05) is 26.8 Å². The molecule has 68 valence electrons. The first kappa shape index (κ1) is 13.8. The summed E-state index contributed by atoms with van der Waals surface area (Å²) in [6.07, 6.45) is 8.01. The maximum Gasteiger partial charge on any atom is 0.113 e. The van der Waals surface area contributed by atoms with Crippen LogP contribution in [0, 0.1) is 12.5 Å². The average molecular weight is 183 g/mol. The smallest absolute Gasteiger partial charge is 0.113 e. The lowest BCUT2D eigenvalue weighted by atomic mass is 10.2. The molecule has 0 radical (unpaired) electrons. The van der Waals surface area contributed by atoms with E-state index in [1.54, 1.807) is 0 Å². The van der Waals surface area contributed by atoms with E-state index < -0.39 is 0 Å². The first-order chi connectivity index (χ1) is 5.72. The van der Waals surface area contributed by atoms with Crippen LogP contribution in [0.1, 0.15) is 34.1 Å². The Bertz CT molecular complexity index is 187. The van der Waals surface area contributed by atoms with Gasteiger partial charge in [0, 0.05) is 6.04 Å². The van der Waals surface area contributed by atoms with Gasteiger partial charge in [0.2, 0.25) is 0 Å². The highest BCUT2D eigenvalue weighted by Gasteiger charge is 1.93. The van der Waals surface area contributed by atoms with E-state index in [1.165, 1.54) is 0 Å². The van der Waals surface area contributed by atoms with Gasteiger partial charge >= 0.3 is 0 Å². The van der Waals surface area contributed by atoms with Crippen molar-refractivity contribution in [2.45, 2.75) is 34.1 Å². The molecule has 0 aromatic carbocycles. The molecule has 0 amide bonds. The lowest BCUT2D eigenvalue weighted by Crippen LogP contribution is -2.15. The Morgan fingerprint density at radius 2 is 2.08 bits per heavy atom. The zero-order chi connectivity index (χ0) is 9.98. The Kier molecular flexibility index (Phi) is 11.7. The highest BCUT2D eigenvalue weighted by Crippen LogP contribution is 1.95. The minimum atomic E-state index is 0.643. The Morgan fingerprint density at radius 3 is 2.42 bits per heavy atom. The molecule has 0 aliphatic rings. The largest absolute Gasteiger partial charge is 0.306 e. The van der Waals surface area contributed by atoms with Gasteiger partial charge < -0.3 is 5.32 Å². The maximum absolute atomic E-state index is 4.99. The first-order valence-electron chi connectivity index (χ1n) is 4.15. The zero-order valence-electron chi connectivity index (χ0n) is 8.27. The van der Waals surface area contributed by atoms with Crippen LogP contribution in [-0.2, 0) is 0 Å². The number of rotatable bonds is 2. The van der Waals surface area contributed by atoms with Crippen molar-refractivity contribution in [1.29, 1.82) is 0 Å². The third-order valence-electron chi connectivity index (χ3n) is 1.05. The molecule has 0 spiro atoms. The number of hydrogen-bond acceptors (Lipinski definition) is 1. The van der Waals surface area contributed by atoms with E-state index in [0.29, 0.717) is 4.99 Å². The summed E-state index contributed by atoms with van der Waals surface area (Å²) in [6, 6.07) is 2.27. The summed E-state index contributed by atoms with van der Waals surface area (Å²) in [7, 11) is 0. The Balaban J connectivity index is 0. The van der Waals surface area contributed by atoms with Gasteiger partial charge in [-0.05, 0) is 18.9 Å². The lowest BCUT2D eigenvalue weighted by Gasteiger charge is -1.99. The molecule has 0 bridgehead atoms. The fraction of sp³-hybridized carbons (Fsp3) is 0.500. The second kappa shape index (κ2) is 10.2. The molecule has 0 aromatic heterocycles. The van der Waals surface area contributed by atoms with Crippen molar-refractivity contribution < 1.29 is 0 Å². The Hall–Kier alpha value is -0.810. The normalized spacial score (nSPS) is 9.08. The SMILES string of the molecule is C#CNC(=S)/C(C)=C\CC.CC. The highest BCUT2D eigenvalue weighted by atomic mass is 32.1. The molecule has 1 N–H and O–H groups in total. The molecule has 0 aliphatic carbocycles. The number of nitrogens with one attached hydrogen (secondary N) is 1. The van der Waals surface area contributed by atoms with Crippen LogP contribution < -0.4 is 5.32 Å². The zero-order valence-corrected chi connectivity index (χ0v) is 9.09. The molecule has 0 heterocycles. The monoisotopic (exact) mass is 183 g/mol. The molecule has 0 unspecified atom stereocenters. The second-order valence-electron chi connectivity index (χ2n) is 1.89. The molecule has 1 nitrogen and oxygen atoms in total. The van der Waals surface area contributed by atoms with Crippen LogP contribution in [0.15, 0.2) is 11.6 Å². The van der Waals surface area contributed by atoms with Crippen molar-refractivity contribution >= 4 is 17.2 Å². The van der Waals surface area contributed by atoms with Crippen LogP contribution in [0.3, 0.4) is 0 Å². The molecule has 0 aromatic rings. The number of terminal acetylenes is 1. The van der Waals surface area contributed by atoms with E-state index in [9.17, 15) is 0 Å². The minimum Gasteiger partial charge on any atom is -0.306 e. The van der Waals surface area contributed by atoms with E-state index >= 15 is 0 Å². The number of allylic oxidation sites excluding steroid dienone is 1. The van der Waals surface area contributed by atoms with Crippen molar-refractivity contribution in [3.63, 3.8) is 0 Å². The number of hydrogen-bond donors (Lipinski definition) is 1. The maximum atomic E-state index is 4.99. The standard InChI is InChI=1S/C8H11NS.C2H6/c1-4-6-7(3)8(10)9-5-2;1-2/h2,6H,4H2,1,3H3,(H,9,10);1-2H3/b7-6-;. The van der Waals surface area contributed by atoms with Gasteiger partial charge in [0.15, 0.2) is 0 Å². The molecular weight excluding hydrogens is 166 g/mol. The molecule has 0 aliphatic heterocycles. The second-order valence-corrected chi connectivity index (χ2v) is 2.30. The predicted molar refractivity (Wildman–Crippen MR) is 60.0 cm³/mol. The third kappa shape index (κ3) is 7.30. The molecule has 2 heteroatoms. The van der Waals surface area contributed by atoms with Crippen molar-refractivity contribution in [3.8, 4) is 12.5 Å². The van der Waals surface area contributed by atoms with Crippen molar-refractivity contribution in [2.75, 3.05) is 0 Å². The van der Waals surface area contributed by atoms with E-state index in [2.05, 4.69) is 18.3 Å². The van der Waals surface area contributed by atoms with Crippen LogP contribution in [0.5, 0.6) is 0 Å². The van der Waals surface area contributed by atoms with E-state index in [4.69, 9.17) is 18.6 Å². The summed E-state index contributed by atoms with van der Waals surface area (Å²) in [5.41, 5.74) is 1.04. The van der Waals surface area contributed by atoms with Crippen molar-refractivity contribution in [2.24, 2.45) is 0 Å². The van der Waals surface area contributed by atoms with Crippen LogP contribution >= 0.6 is 12.2 Å². The van der Waals surface area contributed by atoms with Gasteiger partial charge in [0.25, 0.3) is 0 Å². The summed E-state index contributed by atoms with van der Waals surface area (Å²) in [4.78, 5) is 0.643. The molecule has 0 fully saturated rings. The molecule has 0 atom stereocenters. The van der Waals surface area contributed by atoms with Crippen molar-refractivity contribution in [3.05, 3.63) is 11.6 Å². The molecule has 0 saturated carbocycles. The molecule has 0 saturated heterocycles. The summed E-state index contributed by atoms with van der Waals surface area (Å²) < 4.78 is 0. The van der Waals surface area contributed by atoms with E-state index in [-0.39, 0.29) is 0 Å². The van der Waals surface area contributed by atoms with Gasteiger partial charge in [-0.15, -0.1) is 0 Å². The summed E-state index contributed by atoms with van der Waals surface area (Å²) in [6.45, 7) is 8.00. The van der Waals surface area contributed by atoms with Gasteiger partial charge in [-0.3, -0.25) is 0 Å². The summed E-state index contributed by atoms with van der Waals surface area (Å²) >= 11 is 4.92. The Morgan fingerprint density at radius 1 is 1.58 bits per heavy atom. The fourth-order valence-corrected chi connectivity index (χ4v) is 0.705. The van der Waals surface area contributed by atoms with Gasteiger partial charge in [0.1, 0.15) is 4.99 Å². The quantitative estimate of drug-likeness (QED) is 0.306. The average Bonchev–Trinajstić information content (AvgIpc) is 2.09. The van der Waals surface area contributed by atoms with E-state index in [0.717, 1.165) is 12.0 Å². The van der Waals surface area contributed by atoms with Crippen molar-refractivity contribution in [1.82, 2.24) is 5.32 Å². The number of thiocarbonyl (C=S) groups is 1. The van der Waals surface area contributed by atoms with Gasteiger partial charge in [-0.1, -0.05) is 45.5 Å². The molecule has 0 rings (SSSR count). The molecular formula is C10H17NS. The fourth-order valence-electron chi connectivity index (χ4n) is 0.563. The van der Waals surface area contributed by atoms with Crippen LogP contribution in [0.4, 0.5) is 0 Å². The topological polar surface area (TPSA) is 12.0 Å². The van der Waals surface area contributed by atoms with Gasteiger partial charge in [0.05, 0.1) is 0 Å². The summed E-state index contributed by atoms with van der Waals surface area (Å²) in [5, 5.41) is 2.62.